The number of piperidine rings is 1. The van der Waals surface area contributed by atoms with Crippen molar-refractivity contribution in [2.75, 3.05) is 38.2 Å². The minimum absolute atomic E-state index is 0.00482. The quantitative estimate of drug-likeness (QED) is 0.634. The molecule has 2 amide bonds. The third kappa shape index (κ3) is 5.94. The molecule has 2 rings (SSSR count). The normalized spacial score (nSPS) is 17.3. The van der Waals surface area contributed by atoms with Crippen molar-refractivity contribution in [1.82, 2.24) is 10.6 Å². The van der Waals surface area contributed by atoms with Gasteiger partial charge >= 0.3 is 0 Å². The van der Waals surface area contributed by atoms with Gasteiger partial charge in [-0.15, -0.1) is 0 Å². The topological polar surface area (TPSA) is 79.5 Å². The zero-order chi connectivity index (χ0) is 17.2. The Morgan fingerprint density at radius 3 is 3.00 bits per heavy atom. The summed E-state index contributed by atoms with van der Waals surface area (Å²) in [5, 5.41) is 9.01. The molecule has 1 aromatic carbocycles. The summed E-state index contributed by atoms with van der Waals surface area (Å²) in [5.74, 6) is -0.131. The molecule has 0 bridgehead atoms. The molecule has 1 aliphatic rings. The van der Waals surface area contributed by atoms with E-state index in [0.717, 1.165) is 25.8 Å². The average Bonchev–Trinajstić information content (AvgIpc) is 2.62. The van der Waals surface area contributed by atoms with Crippen LogP contribution in [0, 0.1) is 5.92 Å². The van der Waals surface area contributed by atoms with Gasteiger partial charge in [0.25, 0.3) is 5.91 Å². The second kappa shape index (κ2) is 10.1. The molecule has 1 aliphatic heterocycles. The third-order valence-electron chi connectivity index (χ3n) is 4.02. The average molecular weight is 333 g/mol. The SMILES string of the molecule is CCOCCCNC(=O)c1cccc(NC(=O)C2CCCNC2)c1. The number of benzene rings is 1. The standard InChI is InChI=1S/C18H27N3O3/c1-2-24-11-5-10-20-17(22)14-6-3-8-16(12-14)21-18(23)15-7-4-9-19-13-15/h3,6,8,12,15,19H,2,4-5,7,9-11,13H2,1H3,(H,20,22)(H,21,23). The molecule has 1 fully saturated rings. The Hall–Kier alpha value is -1.92. The molecule has 0 saturated carbocycles. The summed E-state index contributed by atoms with van der Waals surface area (Å²) in [6.07, 6.45) is 2.70. The van der Waals surface area contributed by atoms with E-state index in [1.165, 1.54) is 0 Å². The van der Waals surface area contributed by atoms with Gasteiger partial charge in [-0.1, -0.05) is 6.07 Å². The van der Waals surface area contributed by atoms with Crippen LogP contribution in [0.2, 0.25) is 0 Å². The molecule has 6 nitrogen and oxygen atoms in total. The monoisotopic (exact) mass is 333 g/mol. The number of nitrogens with one attached hydrogen (secondary N) is 3. The molecule has 1 heterocycles. The molecule has 3 N–H and O–H groups in total. The van der Waals surface area contributed by atoms with Crippen LogP contribution < -0.4 is 16.0 Å². The van der Waals surface area contributed by atoms with E-state index in [1.54, 1.807) is 24.3 Å². The lowest BCUT2D eigenvalue weighted by atomic mass is 9.98. The number of ether oxygens (including phenoxy) is 1. The molecule has 1 saturated heterocycles. The molecule has 132 valence electrons. The Morgan fingerprint density at radius 2 is 2.25 bits per heavy atom. The summed E-state index contributed by atoms with van der Waals surface area (Å²) in [6.45, 7) is 5.54. The summed E-state index contributed by atoms with van der Waals surface area (Å²) >= 11 is 0. The first-order valence-corrected chi connectivity index (χ1v) is 8.68. The number of hydrogen-bond acceptors (Lipinski definition) is 4. The minimum atomic E-state index is -0.137. The van der Waals surface area contributed by atoms with Crippen molar-refractivity contribution in [3.05, 3.63) is 29.8 Å². The fourth-order valence-electron chi connectivity index (χ4n) is 2.68. The fraction of sp³-hybridized carbons (Fsp3) is 0.556. The van der Waals surface area contributed by atoms with Crippen LogP contribution in [0.15, 0.2) is 24.3 Å². The van der Waals surface area contributed by atoms with Crippen molar-refractivity contribution >= 4 is 17.5 Å². The van der Waals surface area contributed by atoms with Gasteiger partial charge in [-0.25, -0.2) is 0 Å². The minimum Gasteiger partial charge on any atom is -0.382 e. The summed E-state index contributed by atoms with van der Waals surface area (Å²) in [7, 11) is 0. The predicted octanol–water partition coefficient (Wildman–Crippen LogP) is 1.78. The molecule has 1 aromatic rings. The molecule has 1 atom stereocenters. The third-order valence-corrected chi connectivity index (χ3v) is 4.02. The van der Waals surface area contributed by atoms with Gasteiger partial charge in [0.2, 0.25) is 5.91 Å². The number of amides is 2. The van der Waals surface area contributed by atoms with E-state index in [2.05, 4.69) is 16.0 Å². The van der Waals surface area contributed by atoms with E-state index < -0.39 is 0 Å². The highest BCUT2D eigenvalue weighted by Gasteiger charge is 2.21. The van der Waals surface area contributed by atoms with Crippen LogP contribution in [-0.4, -0.2) is 44.7 Å². The summed E-state index contributed by atoms with van der Waals surface area (Å²) < 4.78 is 5.24. The maximum atomic E-state index is 12.3. The molecule has 0 aromatic heterocycles. The second-order valence-electron chi connectivity index (χ2n) is 5.92. The van der Waals surface area contributed by atoms with Crippen LogP contribution in [0.5, 0.6) is 0 Å². The molecular formula is C18H27N3O3. The van der Waals surface area contributed by atoms with Crippen molar-refractivity contribution in [1.29, 1.82) is 0 Å². The number of carbonyl (C=O) groups is 2. The lowest BCUT2D eigenvalue weighted by Crippen LogP contribution is -2.37. The zero-order valence-corrected chi connectivity index (χ0v) is 14.3. The van der Waals surface area contributed by atoms with Gasteiger partial charge in [-0.2, -0.15) is 0 Å². The van der Waals surface area contributed by atoms with Gasteiger partial charge in [0.05, 0.1) is 5.92 Å². The Bertz CT molecular complexity index is 542. The smallest absolute Gasteiger partial charge is 0.251 e. The van der Waals surface area contributed by atoms with Crippen molar-refractivity contribution < 1.29 is 14.3 Å². The van der Waals surface area contributed by atoms with Crippen molar-refractivity contribution in [3.8, 4) is 0 Å². The van der Waals surface area contributed by atoms with Gasteiger partial charge in [-0.3, -0.25) is 9.59 Å². The Labute approximate surface area is 143 Å². The molecule has 0 spiro atoms. The predicted molar refractivity (Wildman–Crippen MR) is 94.1 cm³/mol. The Balaban J connectivity index is 1.83. The largest absolute Gasteiger partial charge is 0.382 e. The van der Waals surface area contributed by atoms with Crippen LogP contribution >= 0.6 is 0 Å². The van der Waals surface area contributed by atoms with E-state index in [1.807, 2.05) is 6.92 Å². The maximum Gasteiger partial charge on any atom is 0.251 e. The Morgan fingerprint density at radius 1 is 1.38 bits per heavy atom. The zero-order valence-electron chi connectivity index (χ0n) is 14.3. The van der Waals surface area contributed by atoms with Crippen LogP contribution in [0.25, 0.3) is 0 Å². The van der Waals surface area contributed by atoms with Crippen LogP contribution in [0.1, 0.15) is 36.5 Å². The first-order chi connectivity index (χ1) is 11.7. The van der Waals surface area contributed by atoms with Crippen molar-refractivity contribution in [2.24, 2.45) is 5.92 Å². The Kier molecular flexibility index (Phi) is 7.71. The first-order valence-electron chi connectivity index (χ1n) is 8.68. The number of anilines is 1. The van der Waals surface area contributed by atoms with E-state index in [0.29, 0.717) is 37.6 Å². The molecule has 0 aliphatic carbocycles. The number of rotatable bonds is 8. The van der Waals surface area contributed by atoms with E-state index in [4.69, 9.17) is 4.74 Å². The van der Waals surface area contributed by atoms with Gasteiger partial charge in [0, 0.05) is 37.6 Å². The molecule has 1 unspecified atom stereocenters. The highest BCUT2D eigenvalue weighted by Crippen LogP contribution is 2.15. The van der Waals surface area contributed by atoms with E-state index in [9.17, 15) is 9.59 Å². The lowest BCUT2D eigenvalue weighted by molar-refractivity contribution is -0.120. The second-order valence-corrected chi connectivity index (χ2v) is 5.92. The van der Waals surface area contributed by atoms with Crippen LogP contribution in [-0.2, 0) is 9.53 Å². The highest BCUT2D eigenvalue weighted by atomic mass is 16.5. The van der Waals surface area contributed by atoms with E-state index in [-0.39, 0.29) is 17.7 Å². The molecule has 0 radical (unpaired) electrons. The molecular weight excluding hydrogens is 306 g/mol. The molecule has 24 heavy (non-hydrogen) atoms. The van der Waals surface area contributed by atoms with Gasteiger partial charge in [0.15, 0.2) is 0 Å². The number of hydrogen-bond donors (Lipinski definition) is 3. The summed E-state index contributed by atoms with van der Waals surface area (Å²) in [6, 6.07) is 7.05. The van der Waals surface area contributed by atoms with E-state index >= 15 is 0 Å². The van der Waals surface area contributed by atoms with Crippen molar-refractivity contribution in [2.45, 2.75) is 26.2 Å². The van der Waals surface area contributed by atoms with Crippen LogP contribution in [0.4, 0.5) is 5.69 Å². The van der Waals surface area contributed by atoms with Crippen LogP contribution in [0.3, 0.4) is 0 Å². The summed E-state index contributed by atoms with van der Waals surface area (Å²) in [5.41, 5.74) is 1.21. The summed E-state index contributed by atoms with van der Waals surface area (Å²) in [4.78, 5) is 24.4. The van der Waals surface area contributed by atoms with Gasteiger partial charge in [-0.05, 0) is 50.9 Å². The molecule has 6 heteroatoms. The maximum absolute atomic E-state index is 12.3. The van der Waals surface area contributed by atoms with Gasteiger partial charge < -0.3 is 20.7 Å². The van der Waals surface area contributed by atoms with Crippen molar-refractivity contribution in [3.63, 3.8) is 0 Å². The number of carbonyl (C=O) groups excluding carboxylic acids is 2. The lowest BCUT2D eigenvalue weighted by Gasteiger charge is -2.22. The fourth-order valence-corrected chi connectivity index (χ4v) is 2.68. The first kappa shape index (κ1) is 18.4. The van der Waals surface area contributed by atoms with Gasteiger partial charge in [0.1, 0.15) is 0 Å². The highest BCUT2D eigenvalue weighted by molar-refractivity contribution is 5.97.